The van der Waals surface area contributed by atoms with E-state index in [9.17, 15) is 13.2 Å². The highest BCUT2D eigenvalue weighted by Crippen LogP contribution is 2.36. The number of fused-ring (bicyclic) bond motifs is 1. The third-order valence-corrected chi connectivity index (χ3v) is 7.22. The number of aromatic nitrogens is 3. The van der Waals surface area contributed by atoms with Crippen molar-refractivity contribution >= 4 is 54.7 Å². The molecule has 38 heavy (non-hydrogen) atoms. The van der Waals surface area contributed by atoms with Gasteiger partial charge in [0.25, 0.3) is 0 Å². The van der Waals surface area contributed by atoms with Gasteiger partial charge in [0.05, 0.1) is 18.1 Å². The van der Waals surface area contributed by atoms with Crippen molar-refractivity contribution < 1.29 is 28.2 Å². The Morgan fingerprint density at radius 2 is 1.76 bits per heavy atom. The van der Waals surface area contributed by atoms with Gasteiger partial charge < -0.3 is 25.6 Å². The molecule has 12 nitrogen and oxygen atoms in total. The average molecular weight is 603 g/mol. The van der Waals surface area contributed by atoms with Gasteiger partial charge in [0.1, 0.15) is 0 Å². The highest BCUT2D eigenvalue weighted by molar-refractivity contribution is 9.10. The summed E-state index contributed by atoms with van der Waals surface area (Å²) in [5.41, 5.74) is 1.86. The molecule has 2 aromatic carbocycles. The Morgan fingerprint density at radius 3 is 2.53 bits per heavy atom. The first-order chi connectivity index (χ1) is 18.3. The first kappa shape index (κ1) is 27.3. The van der Waals surface area contributed by atoms with Gasteiger partial charge in [0, 0.05) is 46.0 Å². The zero-order valence-electron chi connectivity index (χ0n) is 19.8. The van der Waals surface area contributed by atoms with E-state index in [0.29, 0.717) is 16.6 Å². The molecule has 0 atom stereocenters. The number of carbonyl (C=O) groups is 1. The molecule has 0 aliphatic rings. The van der Waals surface area contributed by atoms with Crippen molar-refractivity contribution in [3.8, 4) is 17.0 Å². The van der Waals surface area contributed by atoms with E-state index in [4.69, 9.17) is 14.9 Å². The maximum Gasteiger partial charge on any atom is 0.414 e. The van der Waals surface area contributed by atoms with Crippen LogP contribution in [0.1, 0.15) is 0 Å². The Morgan fingerprint density at radius 1 is 0.974 bits per heavy atom. The lowest BCUT2D eigenvalue weighted by Gasteiger charge is -2.13. The molecule has 0 saturated carbocycles. The molecule has 1 amide bonds. The van der Waals surface area contributed by atoms with Crippen LogP contribution >= 0.6 is 15.9 Å². The van der Waals surface area contributed by atoms with Gasteiger partial charge in [-0.15, -0.1) is 0 Å². The normalized spacial score (nSPS) is 11.3. The standard InChI is InChI=1S/C24H23BrN6O6S/c25-20-7-2-1-6-18(20)19-12-15-14-27-23(31-21(15)30-22(19)37-24(34)26-8-10-32)29-16-4-3-5-17(13-16)38(35,36)28-9-11-33/h1-7,12-14,28,32-33H,8-11H2,(H,26,34)(H,27,29,30,31). The summed E-state index contributed by atoms with van der Waals surface area (Å²) in [5, 5.41) is 23.8. The number of ether oxygens (including phenoxy) is 1. The molecule has 0 saturated heterocycles. The molecule has 0 spiro atoms. The fraction of sp³-hybridized carbons (Fsp3) is 0.167. The number of aliphatic hydroxyl groups is 2. The monoisotopic (exact) mass is 602 g/mol. The first-order valence-corrected chi connectivity index (χ1v) is 13.5. The number of pyridine rings is 1. The second-order valence-corrected chi connectivity index (χ2v) is 10.4. The lowest BCUT2D eigenvalue weighted by Crippen LogP contribution is -2.29. The summed E-state index contributed by atoms with van der Waals surface area (Å²) >= 11 is 3.50. The second kappa shape index (κ2) is 12.2. The number of hydrogen-bond donors (Lipinski definition) is 5. The van der Waals surface area contributed by atoms with Crippen molar-refractivity contribution in [2.45, 2.75) is 4.90 Å². The van der Waals surface area contributed by atoms with Crippen LogP contribution in [0.2, 0.25) is 0 Å². The van der Waals surface area contributed by atoms with Crippen LogP contribution in [0.4, 0.5) is 16.4 Å². The van der Waals surface area contributed by atoms with Crippen molar-refractivity contribution in [1.29, 1.82) is 0 Å². The first-order valence-electron chi connectivity index (χ1n) is 11.3. The van der Waals surface area contributed by atoms with Crippen LogP contribution in [-0.4, -0.2) is 66.0 Å². The van der Waals surface area contributed by atoms with Crippen LogP contribution < -0.4 is 20.1 Å². The molecule has 2 aromatic heterocycles. The molecule has 14 heteroatoms. The van der Waals surface area contributed by atoms with E-state index >= 15 is 0 Å². The highest BCUT2D eigenvalue weighted by atomic mass is 79.9. The molecule has 0 aliphatic heterocycles. The molecule has 0 bridgehead atoms. The molecule has 198 valence electrons. The van der Waals surface area contributed by atoms with Gasteiger partial charge in [-0.25, -0.2) is 22.9 Å². The molecule has 4 aromatic rings. The molecule has 0 radical (unpaired) electrons. The zero-order chi connectivity index (χ0) is 27.1. The van der Waals surface area contributed by atoms with Crippen molar-refractivity contribution in [2.24, 2.45) is 0 Å². The van der Waals surface area contributed by atoms with Gasteiger partial charge in [0.2, 0.25) is 21.9 Å². The Balaban J connectivity index is 1.69. The van der Waals surface area contributed by atoms with Gasteiger partial charge in [0.15, 0.2) is 5.65 Å². The molecule has 0 fully saturated rings. The summed E-state index contributed by atoms with van der Waals surface area (Å²) < 4.78 is 33.2. The molecule has 2 heterocycles. The average Bonchev–Trinajstić information content (AvgIpc) is 2.91. The minimum atomic E-state index is -3.81. The minimum Gasteiger partial charge on any atom is -0.395 e. The van der Waals surface area contributed by atoms with Crippen molar-refractivity contribution in [2.75, 3.05) is 31.6 Å². The van der Waals surface area contributed by atoms with Crippen molar-refractivity contribution in [3.63, 3.8) is 0 Å². The van der Waals surface area contributed by atoms with Crippen LogP contribution in [0.15, 0.2) is 70.2 Å². The number of amides is 1. The van der Waals surface area contributed by atoms with Crippen molar-refractivity contribution in [3.05, 3.63) is 65.3 Å². The SMILES string of the molecule is O=C(NCCO)Oc1nc2nc(Nc3cccc(S(=O)(=O)NCCO)c3)ncc2cc1-c1ccccc1Br. The molecule has 0 unspecified atom stereocenters. The van der Waals surface area contributed by atoms with E-state index in [1.54, 1.807) is 18.2 Å². The summed E-state index contributed by atoms with van der Waals surface area (Å²) in [6, 6.07) is 15.1. The zero-order valence-corrected chi connectivity index (χ0v) is 22.2. The van der Waals surface area contributed by atoms with Crippen molar-refractivity contribution in [1.82, 2.24) is 25.0 Å². The van der Waals surface area contributed by atoms with Crippen LogP contribution in [0.5, 0.6) is 5.88 Å². The summed E-state index contributed by atoms with van der Waals surface area (Å²) in [6.45, 7) is -0.673. The molecule has 4 rings (SSSR count). The predicted molar refractivity (Wildman–Crippen MR) is 144 cm³/mol. The number of rotatable bonds is 10. The van der Waals surface area contributed by atoms with E-state index in [1.165, 1.54) is 18.3 Å². The number of hydrogen-bond acceptors (Lipinski definition) is 10. The fourth-order valence-electron chi connectivity index (χ4n) is 3.37. The maximum absolute atomic E-state index is 12.4. The summed E-state index contributed by atoms with van der Waals surface area (Å²) in [5.74, 6) is 0.125. The molecular formula is C24H23BrN6O6S. The predicted octanol–water partition coefficient (Wildman–Crippen LogP) is 2.55. The second-order valence-electron chi connectivity index (χ2n) is 7.74. The van der Waals surface area contributed by atoms with Gasteiger partial charge in [-0.1, -0.05) is 40.2 Å². The number of nitrogens with one attached hydrogen (secondary N) is 3. The summed E-state index contributed by atoms with van der Waals surface area (Å²) in [4.78, 5) is 25.4. The number of benzene rings is 2. The lowest BCUT2D eigenvalue weighted by atomic mass is 10.1. The summed E-state index contributed by atoms with van der Waals surface area (Å²) in [6.07, 6.45) is 0.747. The van der Waals surface area contributed by atoms with Gasteiger partial charge in [-0.05, 0) is 30.3 Å². The largest absolute Gasteiger partial charge is 0.414 e. The number of sulfonamides is 1. The van der Waals surface area contributed by atoms with E-state index in [1.807, 2.05) is 24.3 Å². The fourth-order valence-corrected chi connectivity index (χ4v) is 4.94. The Bertz CT molecular complexity index is 1570. The molecule has 5 N–H and O–H groups in total. The van der Waals surface area contributed by atoms with Gasteiger partial charge >= 0.3 is 6.09 Å². The quantitative estimate of drug-likeness (QED) is 0.181. The molecular weight excluding hydrogens is 580 g/mol. The van der Waals surface area contributed by atoms with Crippen LogP contribution in [0, 0.1) is 0 Å². The number of anilines is 2. The van der Waals surface area contributed by atoms with Crippen LogP contribution in [0.25, 0.3) is 22.2 Å². The van der Waals surface area contributed by atoms with Gasteiger partial charge in [-0.2, -0.15) is 9.97 Å². The number of carbonyl (C=O) groups excluding carboxylic acids is 1. The Kier molecular flexibility index (Phi) is 8.81. The highest BCUT2D eigenvalue weighted by Gasteiger charge is 2.18. The number of aliphatic hydroxyl groups excluding tert-OH is 2. The lowest BCUT2D eigenvalue weighted by molar-refractivity contribution is 0.194. The molecule has 0 aliphatic carbocycles. The third-order valence-electron chi connectivity index (χ3n) is 5.07. The topological polar surface area (TPSA) is 176 Å². The number of nitrogens with zero attached hydrogens (tertiary/aromatic N) is 3. The van der Waals surface area contributed by atoms with E-state index < -0.39 is 16.1 Å². The van der Waals surface area contributed by atoms with E-state index in [0.717, 1.165) is 10.0 Å². The number of halogens is 1. The Hall–Kier alpha value is -3.69. The van der Waals surface area contributed by atoms with Crippen LogP contribution in [0.3, 0.4) is 0 Å². The third kappa shape index (κ3) is 6.59. The van der Waals surface area contributed by atoms with Crippen LogP contribution in [-0.2, 0) is 10.0 Å². The minimum absolute atomic E-state index is 0.00229. The Labute approximate surface area is 226 Å². The van der Waals surface area contributed by atoms with E-state index in [-0.39, 0.29) is 48.7 Å². The van der Waals surface area contributed by atoms with E-state index in [2.05, 4.69) is 46.2 Å². The smallest absolute Gasteiger partial charge is 0.395 e. The summed E-state index contributed by atoms with van der Waals surface area (Å²) in [7, 11) is -3.81. The van der Waals surface area contributed by atoms with Gasteiger partial charge in [-0.3, -0.25) is 0 Å². The maximum atomic E-state index is 12.4.